The molecule has 0 aromatic heterocycles. The van der Waals surface area contributed by atoms with Crippen molar-refractivity contribution in [2.24, 2.45) is 0 Å². The first-order valence-electron chi connectivity index (χ1n) is 14.5. The molecule has 0 aliphatic heterocycles. The molecule has 0 radical (unpaired) electrons. The summed E-state index contributed by atoms with van der Waals surface area (Å²) >= 11 is 0. The Balaban J connectivity index is 0.00000612. The van der Waals surface area contributed by atoms with Gasteiger partial charge in [-0.1, -0.05) is 118 Å². The van der Waals surface area contributed by atoms with E-state index < -0.39 is 7.26 Å². The van der Waals surface area contributed by atoms with Crippen molar-refractivity contribution >= 4 is 25.8 Å². The summed E-state index contributed by atoms with van der Waals surface area (Å²) in [6, 6.07) is 22.4. The largest absolute Gasteiger partial charge is 1.00 e. The van der Waals surface area contributed by atoms with Gasteiger partial charge in [-0.15, -0.1) is 0 Å². The molecule has 0 nitrogen and oxygen atoms in total. The fraction of sp³-hybridized carbons (Fsp3) is 0.625. The van der Waals surface area contributed by atoms with Crippen LogP contribution >= 0.6 is 15.2 Å². The highest BCUT2D eigenvalue weighted by molar-refractivity contribution is 7.75. The van der Waals surface area contributed by atoms with Gasteiger partial charge in [0.05, 0.1) is 24.6 Å². The van der Waals surface area contributed by atoms with Crippen LogP contribution in [0.1, 0.15) is 97.8 Å². The Hall–Kier alpha value is -0.410. The average molecular weight is 535 g/mol. The maximum absolute atomic E-state index is 2.44. The Kier molecular flexibility index (Phi) is 19.2. The molecule has 2 aromatic rings. The van der Waals surface area contributed by atoms with E-state index in [2.05, 4.69) is 81.4 Å². The van der Waals surface area contributed by atoms with Crippen LogP contribution in [0, 0.1) is 0 Å². The minimum atomic E-state index is -0.557. The maximum atomic E-state index is 2.44. The standard InChI is InChI=1S/C32H53P2.ClH/c1-4-34(5-2,6-3)30-24-16-14-12-10-8-7-9-11-13-15-23-29-33(31-25-19-17-20-26-31)32-27-21-18-22-28-32;/h17-22,25-28H,4-16,23-24,29-30H2,1-3H3;1H/q+1;/p-1. The van der Waals surface area contributed by atoms with Crippen LogP contribution in [-0.2, 0) is 0 Å². The van der Waals surface area contributed by atoms with Crippen LogP contribution < -0.4 is 23.0 Å². The fourth-order valence-corrected chi connectivity index (χ4v) is 10.9. The lowest BCUT2D eigenvalue weighted by molar-refractivity contribution is -0.00000721. The first kappa shape index (κ1) is 32.6. The molecule has 35 heavy (non-hydrogen) atoms. The molecule has 0 spiro atoms. The highest BCUT2D eigenvalue weighted by atomic mass is 35.5. The van der Waals surface area contributed by atoms with Gasteiger partial charge in [-0.2, -0.15) is 0 Å². The summed E-state index contributed by atoms with van der Waals surface area (Å²) in [7, 11) is -0.756. The zero-order chi connectivity index (χ0) is 24.3. The molecule has 0 aliphatic rings. The number of unbranched alkanes of at least 4 members (excludes halogenated alkanes) is 11. The van der Waals surface area contributed by atoms with Crippen LogP contribution in [0.25, 0.3) is 0 Å². The highest BCUT2D eigenvalue weighted by Crippen LogP contribution is 2.58. The van der Waals surface area contributed by atoms with E-state index in [1.165, 1.54) is 112 Å². The van der Waals surface area contributed by atoms with Crippen molar-refractivity contribution in [3.05, 3.63) is 60.7 Å². The quantitative estimate of drug-likeness (QED) is 0.128. The zero-order valence-corrected chi connectivity index (χ0v) is 25.6. The topological polar surface area (TPSA) is 0 Å². The lowest BCUT2D eigenvalue weighted by Gasteiger charge is -2.23. The maximum Gasteiger partial charge on any atom is 0.0594 e. The third-order valence-electron chi connectivity index (χ3n) is 7.91. The Morgan fingerprint density at radius 1 is 0.486 bits per heavy atom. The predicted octanol–water partition coefficient (Wildman–Crippen LogP) is 6.88. The van der Waals surface area contributed by atoms with Crippen LogP contribution in [0.5, 0.6) is 0 Å². The first-order valence-corrected chi connectivity index (χ1v) is 18.5. The minimum Gasteiger partial charge on any atom is -1.00 e. The normalized spacial score (nSPS) is 11.5. The molecule has 2 rings (SSSR count). The first-order chi connectivity index (χ1) is 16.7. The molecule has 0 heterocycles. The summed E-state index contributed by atoms with van der Waals surface area (Å²) in [4.78, 5) is 0. The molecule has 0 saturated carbocycles. The van der Waals surface area contributed by atoms with Crippen molar-refractivity contribution in [2.45, 2.75) is 97.8 Å². The predicted molar refractivity (Wildman–Crippen MR) is 163 cm³/mol. The fourth-order valence-electron chi connectivity index (χ4n) is 5.25. The second-order valence-electron chi connectivity index (χ2n) is 10.1. The zero-order valence-electron chi connectivity index (χ0n) is 23.1. The van der Waals surface area contributed by atoms with E-state index in [0.29, 0.717) is 0 Å². The molecule has 0 bridgehead atoms. The molecule has 2 aromatic carbocycles. The Bertz CT molecular complexity index is 667. The van der Waals surface area contributed by atoms with E-state index in [9.17, 15) is 0 Å². The van der Waals surface area contributed by atoms with Gasteiger partial charge in [-0.3, -0.25) is 0 Å². The van der Waals surface area contributed by atoms with Gasteiger partial charge in [0.15, 0.2) is 0 Å². The summed E-state index contributed by atoms with van der Waals surface area (Å²) in [5, 5.41) is 3.07. The molecule has 198 valence electrons. The van der Waals surface area contributed by atoms with Crippen molar-refractivity contribution in [2.75, 3.05) is 30.8 Å². The van der Waals surface area contributed by atoms with Crippen LogP contribution in [0.3, 0.4) is 0 Å². The molecule has 0 saturated heterocycles. The van der Waals surface area contributed by atoms with Gasteiger partial charge < -0.3 is 12.4 Å². The summed E-state index contributed by atoms with van der Waals surface area (Å²) in [5.74, 6) is 0. The van der Waals surface area contributed by atoms with Gasteiger partial charge in [-0.25, -0.2) is 0 Å². The SMILES string of the molecule is CC[P+](CC)(CC)CCCCCCCCCCCCCCP(c1ccccc1)c1ccccc1.[Cl-]. The second-order valence-corrected chi connectivity index (χ2v) is 17.4. The molecule has 0 amide bonds. The number of hydrogen-bond acceptors (Lipinski definition) is 0. The Labute approximate surface area is 227 Å². The third-order valence-corrected chi connectivity index (χ3v) is 15.8. The molecular weight excluding hydrogens is 482 g/mol. The summed E-state index contributed by atoms with van der Waals surface area (Å²) in [6.45, 7) is 7.31. The van der Waals surface area contributed by atoms with Crippen LogP contribution in [0.15, 0.2) is 60.7 Å². The summed E-state index contributed by atoms with van der Waals surface area (Å²) < 4.78 is 0. The van der Waals surface area contributed by atoms with Gasteiger partial charge in [0.25, 0.3) is 0 Å². The van der Waals surface area contributed by atoms with E-state index in [1.807, 2.05) is 0 Å². The average Bonchev–Trinajstić information content (AvgIpc) is 2.90. The Morgan fingerprint density at radius 3 is 1.20 bits per heavy atom. The van der Waals surface area contributed by atoms with Gasteiger partial charge in [0, 0.05) is 7.26 Å². The van der Waals surface area contributed by atoms with E-state index in [0.717, 1.165) is 0 Å². The molecule has 3 heteroatoms. The third kappa shape index (κ3) is 13.1. The minimum absolute atomic E-state index is 0. The monoisotopic (exact) mass is 534 g/mol. The van der Waals surface area contributed by atoms with E-state index >= 15 is 0 Å². The molecule has 0 atom stereocenters. The highest BCUT2D eigenvalue weighted by Gasteiger charge is 2.29. The lowest BCUT2D eigenvalue weighted by atomic mass is 10.1. The summed E-state index contributed by atoms with van der Waals surface area (Å²) in [6.07, 6.45) is 24.7. The number of halogens is 1. The molecule has 0 fully saturated rings. The van der Waals surface area contributed by atoms with Gasteiger partial charge in [-0.05, 0) is 64.7 Å². The van der Waals surface area contributed by atoms with Crippen LogP contribution in [0.4, 0.5) is 0 Å². The van der Waals surface area contributed by atoms with Gasteiger partial charge >= 0.3 is 0 Å². The molecular formula is C32H53ClP2. The second kappa shape index (κ2) is 20.6. The summed E-state index contributed by atoms with van der Waals surface area (Å²) in [5.41, 5.74) is 0. The Morgan fingerprint density at radius 2 is 0.829 bits per heavy atom. The van der Waals surface area contributed by atoms with Crippen LogP contribution in [-0.4, -0.2) is 30.8 Å². The van der Waals surface area contributed by atoms with Crippen molar-refractivity contribution in [1.82, 2.24) is 0 Å². The lowest BCUT2D eigenvalue weighted by Crippen LogP contribution is -3.00. The van der Waals surface area contributed by atoms with Gasteiger partial charge in [0.1, 0.15) is 0 Å². The van der Waals surface area contributed by atoms with Crippen LogP contribution in [0.2, 0.25) is 0 Å². The van der Waals surface area contributed by atoms with E-state index in [4.69, 9.17) is 0 Å². The van der Waals surface area contributed by atoms with Crippen molar-refractivity contribution in [3.8, 4) is 0 Å². The van der Waals surface area contributed by atoms with Crippen molar-refractivity contribution in [3.63, 3.8) is 0 Å². The number of hydrogen-bond donors (Lipinski definition) is 0. The van der Waals surface area contributed by atoms with E-state index in [1.54, 1.807) is 6.16 Å². The van der Waals surface area contributed by atoms with Gasteiger partial charge in [0.2, 0.25) is 0 Å². The van der Waals surface area contributed by atoms with Crippen molar-refractivity contribution < 1.29 is 12.4 Å². The number of rotatable bonds is 20. The molecule has 0 aliphatic carbocycles. The molecule has 0 N–H and O–H groups in total. The smallest absolute Gasteiger partial charge is 0.0594 e. The van der Waals surface area contributed by atoms with Crippen molar-refractivity contribution in [1.29, 1.82) is 0 Å². The number of benzene rings is 2. The molecule has 0 unspecified atom stereocenters. The van der Waals surface area contributed by atoms with E-state index in [-0.39, 0.29) is 20.3 Å².